The van der Waals surface area contributed by atoms with Gasteiger partial charge >= 0.3 is 0 Å². The SMILES string of the molecule is CC(C)(C)c1cc(-c2c3nc(c(N=Nc4ccc([N+](=O)[O-])cc4)c4ccc([nH]4)c(-c4cc(C(C)(C)C)cc(C(C)(C)C)c4)c4nc(cc5ccc2[nH]5)C=C4)C=C3)cc(C(C)(C)C)c1. The van der Waals surface area contributed by atoms with E-state index < -0.39 is 4.92 Å². The van der Waals surface area contributed by atoms with E-state index in [0.29, 0.717) is 22.6 Å². The summed E-state index contributed by atoms with van der Waals surface area (Å²) in [5, 5.41) is 20.9. The van der Waals surface area contributed by atoms with Crippen LogP contribution in [0.15, 0.2) is 101 Å². The highest BCUT2D eigenvalue weighted by molar-refractivity contribution is 5.96. The van der Waals surface area contributed by atoms with Crippen molar-refractivity contribution in [2.75, 3.05) is 0 Å². The van der Waals surface area contributed by atoms with Gasteiger partial charge in [0.25, 0.3) is 5.69 Å². The van der Waals surface area contributed by atoms with Crippen molar-refractivity contribution in [3.63, 3.8) is 0 Å². The molecule has 0 unspecified atom stereocenters. The van der Waals surface area contributed by atoms with E-state index in [1.165, 1.54) is 34.4 Å². The first kappa shape index (κ1) is 42.9. The van der Waals surface area contributed by atoms with E-state index in [2.05, 4.69) is 171 Å². The van der Waals surface area contributed by atoms with E-state index in [1.807, 2.05) is 18.2 Å². The van der Waals surface area contributed by atoms with Crippen molar-refractivity contribution in [2.45, 2.75) is 105 Å². The van der Waals surface area contributed by atoms with E-state index in [9.17, 15) is 10.1 Å². The molecule has 0 radical (unpaired) electrons. The van der Waals surface area contributed by atoms with Gasteiger partial charge < -0.3 is 9.97 Å². The molecule has 320 valence electrons. The first-order valence-electron chi connectivity index (χ1n) is 21.6. The summed E-state index contributed by atoms with van der Waals surface area (Å²) in [6, 6.07) is 30.3. The lowest BCUT2D eigenvalue weighted by atomic mass is 9.78. The molecule has 8 rings (SSSR count). The van der Waals surface area contributed by atoms with Crippen molar-refractivity contribution < 1.29 is 4.92 Å². The molecule has 3 aromatic heterocycles. The third-order valence-electron chi connectivity index (χ3n) is 11.8. The number of azo groups is 1. The van der Waals surface area contributed by atoms with E-state index in [-0.39, 0.29) is 27.3 Å². The van der Waals surface area contributed by atoms with E-state index in [1.54, 1.807) is 12.1 Å². The minimum atomic E-state index is -0.422. The normalized spacial score (nSPS) is 13.3. The number of H-pyrrole nitrogens is 2. The average Bonchev–Trinajstić information content (AvgIpc) is 4.04. The number of nitrogens with zero attached hydrogens (tertiary/aromatic N) is 5. The van der Waals surface area contributed by atoms with Crippen LogP contribution in [0.2, 0.25) is 0 Å². The van der Waals surface area contributed by atoms with Crippen LogP contribution in [0, 0.1) is 10.1 Å². The number of nitro benzene ring substituents is 1. The fraction of sp³-hybridized carbons (Fsp3) is 0.296. The highest BCUT2D eigenvalue weighted by Crippen LogP contribution is 2.41. The van der Waals surface area contributed by atoms with Gasteiger partial charge in [-0.15, -0.1) is 5.11 Å². The first-order valence-corrected chi connectivity index (χ1v) is 21.6. The maximum absolute atomic E-state index is 11.5. The molecule has 6 aromatic rings. The third kappa shape index (κ3) is 8.96. The Hall–Kier alpha value is -6.74. The minimum absolute atomic E-state index is 0.0153. The van der Waals surface area contributed by atoms with Gasteiger partial charge in [0.15, 0.2) is 0 Å². The summed E-state index contributed by atoms with van der Waals surface area (Å²) < 4.78 is 0. The molecule has 63 heavy (non-hydrogen) atoms. The highest BCUT2D eigenvalue weighted by atomic mass is 16.6. The quantitative estimate of drug-likeness (QED) is 0.102. The van der Waals surface area contributed by atoms with E-state index in [4.69, 9.17) is 15.1 Å². The van der Waals surface area contributed by atoms with Crippen LogP contribution in [0.4, 0.5) is 17.1 Å². The predicted octanol–water partition coefficient (Wildman–Crippen LogP) is 15.5. The third-order valence-corrected chi connectivity index (χ3v) is 11.8. The highest BCUT2D eigenvalue weighted by Gasteiger charge is 2.25. The summed E-state index contributed by atoms with van der Waals surface area (Å²) in [5.41, 5.74) is 16.1. The molecule has 0 spiro atoms. The molecule has 0 saturated heterocycles. The lowest BCUT2D eigenvalue weighted by Crippen LogP contribution is -2.16. The van der Waals surface area contributed by atoms with E-state index in [0.717, 1.165) is 55.9 Å². The number of hydrogen-bond acceptors (Lipinski definition) is 6. The maximum Gasteiger partial charge on any atom is 0.269 e. The number of rotatable bonds is 5. The lowest BCUT2D eigenvalue weighted by Gasteiger charge is -2.26. The fourth-order valence-electron chi connectivity index (χ4n) is 7.86. The Morgan fingerprint density at radius 3 is 1.48 bits per heavy atom. The molecule has 2 N–H and O–H groups in total. The van der Waals surface area contributed by atoms with Crippen molar-refractivity contribution in [3.8, 4) is 22.3 Å². The Labute approximate surface area is 370 Å². The Bertz CT molecular complexity index is 2920. The summed E-state index contributed by atoms with van der Waals surface area (Å²) in [4.78, 5) is 29.1. The molecule has 9 heteroatoms. The number of aromatic amines is 2. The maximum atomic E-state index is 11.5. The molecule has 0 aliphatic carbocycles. The molecule has 0 saturated carbocycles. The van der Waals surface area contributed by atoms with Gasteiger partial charge in [-0.1, -0.05) is 119 Å². The van der Waals surface area contributed by atoms with Gasteiger partial charge in [-0.05, 0) is 122 Å². The molecule has 2 aliphatic rings. The summed E-state index contributed by atoms with van der Waals surface area (Å²) in [6.45, 7) is 27.0. The molecule has 8 bridgehead atoms. The van der Waals surface area contributed by atoms with Crippen LogP contribution in [0.3, 0.4) is 0 Å². The zero-order valence-corrected chi connectivity index (χ0v) is 38.5. The number of non-ortho nitro benzene ring substituents is 1. The minimum Gasteiger partial charge on any atom is -0.355 e. The monoisotopic (exact) mass is 835 g/mol. The van der Waals surface area contributed by atoms with Crippen molar-refractivity contribution >= 4 is 63.4 Å². The van der Waals surface area contributed by atoms with Gasteiger partial charge in [0.2, 0.25) is 0 Å². The molecule has 2 aliphatic heterocycles. The number of nitrogens with one attached hydrogen (secondary N) is 2. The smallest absolute Gasteiger partial charge is 0.269 e. The van der Waals surface area contributed by atoms with Crippen LogP contribution in [0.1, 0.15) is 128 Å². The van der Waals surface area contributed by atoms with Crippen LogP contribution in [0.5, 0.6) is 0 Å². The van der Waals surface area contributed by atoms with Crippen molar-refractivity contribution in [3.05, 3.63) is 146 Å². The van der Waals surface area contributed by atoms with Crippen molar-refractivity contribution in [2.24, 2.45) is 10.2 Å². The molecule has 0 amide bonds. The zero-order chi connectivity index (χ0) is 45.2. The number of benzene rings is 3. The summed E-state index contributed by atoms with van der Waals surface area (Å²) in [7, 11) is 0. The topological polar surface area (TPSA) is 125 Å². The number of hydrogen-bond donors (Lipinski definition) is 2. The second-order valence-corrected chi connectivity index (χ2v) is 20.9. The zero-order valence-electron chi connectivity index (χ0n) is 38.5. The molecule has 9 nitrogen and oxygen atoms in total. The average molecular weight is 836 g/mol. The van der Waals surface area contributed by atoms with Crippen molar-refractivity contribution in [1.82, 2.24) is 19.9 Å². The van der Waals surface area contributed by atoms with Crippen LogP contribution >= 0.6 is 0 Å². The lowest BCUT2D eigenvalue weighted by molar-refractivity contribution is -0.384. The van der Waals surface area contributed by atoms with Crippen LogP contribution in [-0.2, 0) is 21.7 Å². The summed E-state index contributed by atoms with van der Waals surface area (Å²) in [5.74, 6) is 0. The van der Waals surface area contributed by atoms with Gasteiger partial charge in [0, 0.05) is 39.8 Å². The Morgan fingerprint density at radius 1 is 0.492 bits per heavy atom. The largest absolute Gasteiger partial charge is 0.355 e. The molecule has 0 fully saturated rings. The molecule has 3 aromatic carbocycles. The molecular formula is C54H57N7O2. The molecule has 5 heterocycles. The molecule has 0 atom stereocenters. The van der Waals surface area contributed by atoms with Crippen LogP contribution in [0.25, 0.3) is 68.6 Å². The van der Waals surface area contributed by atoms with Gasteiger partial charge in [0.1, 0.15) is 5.69 Å². The first-order chi connectivity index (χ1) is 29.5. The standard InChI is InChI=1S/C54H57N7O2/c1-51(2,3)34-25-32(26-35(29-34)52(4,5)6)48-42-19-15-39(55-42)31-40-16-20-43(56-40)49(33-27-36(53(7,8)9)30-37(28-33)54(10,11)12)45-22-24-47(58-45)50(46-23-21-44(48)57-46)60-59-38-13-17-41(18-14-38)61(62)63/h13-31,55,58H,1-12H3. The number of fused-ring (bicyclic) bond motifs is 8. The van der Waals surface area contributed by atoms with E-state index >= 15 is 0 Å². The number of nitro groups is 1. The van der Waals surface area contributed by atoms with Gasteiger partial charge in [-0.3, -0.25) is 10.1 Å². The Kier molecular flexibility index (Phi) is 10.6. The Balaban J connectivity index is 1.49. The summed E-state index contributed by atoms with van der Waals surface area (Å²) in [6.07, 6.45) is 8.21. The predicted molar refractivity (Wildman–Crippen MR) is 262 cm³/mol. The second-order valence-electron chi connectivity index (χ2n) is 20.9. The van der Waals surface area contributed by atoms with Gasteiger partial charge in [0.05, 0.1) is 38.9 Å². The van der Waals surface area contributed by atoms with Crippen LogP contribution in [-0.4, -0.2) is 24.9 Å². The Morgan fingerprint density at radius 2 is 0.952 bits per heavy atom. The number of aromatic nitrogens is 4. The van der Waals surface area contributed by atoms with Gasteiger partial charge in [-0.25, -0.2) is 9.97 Å². The summed E-state index contributed by atoms with van der Waals surface area (Å²) >= 11 is 0. The fourth-order valence-corrected chi connectivity index (χ4v) is 7.86. The second kappa shape index (κ2) is 15.6. The van der Waals surface area contributed by atoms with Crippen molar-refractivity contribution in [1.29, 1.82) is 0 Å². The molecular weight excluding hydrogens is 779 g/mol. The van der Waals surface area contributed by atoms with Gasteiger partial charge in [-0.2, -0.15) is 5.11 Å². The van der Waals surface area contributed by atoms with Crippen LogP contribution < -0.4 is 0 Å².